The molecule has 0 fully saturated rings. The summed E-state index contributed by atoms with van der Waals surface area (Å²) in [7, 11) is 0. The van der Waals surface area contributed by atoms with Crippen molar-refractivity contribution in [1.29, 1.82) is 0 Å². The molecule has 2 N–H and O–H groups in total. The second-order valence-corrected chi connectivity index (χ2v) is 8.49. The Morgan fingerprint density at radius 3 is 1.74 bits per heavy atom. The van der Waals surface area contributed by atoms with E-state index in [0.717, 1.165) is 38.4 Å². The van der Waals surface area contributed by atoms with E-state index in [9.17, 15) is 0 Å². The maximum absolute atomic E-state index is 4.53. The Bertz CT molecular complexity index is 956. The molecule has 0 atom stereocenters. The topological polar surface area (TPSA) is 40.2 Å². The number of rotatable bonds is 10. The van der Waals surface area contributed by atoms with Crippen LogP contribution in [0.1, 0.15) is 33.5 Å². The molecule has 1 aromatic heterocycles. The van der Waals surface area contributed by atoms with Gasteiger partial charge in [-0.1, -0.05) is 42.0 Å². The maximum Gasteiger partial charge on any atom is 2.00 e. The van der Waals surface area contributed by atoms with Crippen LogP contribution in [0.5, 0.6) is 0 Å². The molecule has 0 unspecified atom stereocenters. The van der Waals surface area contributed by atoms with Gasteiger partial charge < -0.3 is 44.6 Å². The first kappa shape index (κ1) is 32.6. The Kier molecular flexibility index (Phi) is 15.7. The predicted molar refractivity (Wildman–Crippen MR) is 133 cm³/mol. The molecule has 34 heavy (non-hydrogen) atoms. The number of nitrogens with one attached hydrogen (secondary N) is 2. The first-order valence-corrected chi connectivity index (χ1v) is 11.2. The van der Waals surface area contributed by atoms with Gasteiger partial charge in [0.2, 0.25) is 0 Å². The Morgan fingerprint density at radius 2 is 1.24 bits per heavy atom. The second kappa shape index (κ2) is 16.3. The number of pyridine rings is 1. The summed E-state index contributed by atoms with van der Waals surface area (Å²) in [6.07, 6.45) is 1.87. The number of benzene rings is 2. The van der Waals surface area contributed by atoms with E-state index in [1.807, 2.05) is 12.3 Å². The molecular formula is C27H36Br2CoN4. The molecule has 0 aliphatic rings. The molecule has 1 radical (unpaired) electrons. The molecule has 0 aliphatic heterocycles. The summed E-state index contributed by atoms with van der Waals surface area (Å²) in [5, 5.41) is 7.32. The fraction of sp³-hybridized carbons (Fsp3) is 0.370. The number of hydrogen-bond donors (Lipinski definition) is 2. The number of aromatic nitrogens is 1. The fourth-order valence-electron chi connectivity index (χ4n) is 4.22. The number of halogens is 2. The van der Waals surface area contributed by atoms with Crippen molar-refractivity contribution in [2.45, 2.75) is 41.2 Å². The minimum Gasteiger partial charge on any atom is -1.00 e. The van der Waals surface area contributed by atoms with Crippen molar-refractivity contribution in [2.24, 2.45) is 0 Å². The summed E-state index contributed by atoms with van der Waals surface area (Å²) in [5.74, 6) is 0. The Labute approximate surface area is 237 Å². The summed E-state index contributed by atoms with van der Waals surface area (Å²) in [5.41, 5.74) is 10.1. The third-order valence-electron chi connectivity index (χ3n) is 5.73. The van der Waals surface area contributed by atoms with E-state index in [4.69, 9.17) is 0 Å². The van der Waals surface area contributed by atoms with Crippen LogP contribution in [0.15, 0.2) is 54.7 Å². The van der Waals surface area contributed by atoms with Crippen LogP contribution in [-0.4, -0.2) is 36.1 Å². The van der Waals surface area contributed by atoms with Crippen molar-refractivity contribution in [3.63, 3.8) is 0 Å². The van der Waals surface area contributed by atoms with Crippen molar-refractivity contribution in [3.05, 3.63) is 88.2 Å². The zero-order valence-electron chi connectivity index (χ0n) is 20.7. The molecule has 7 heteroatoms. The Balaban J connectivity index is 0.00000363. The minimum atomic E-state index is 0. The number of anilines is 2. The Hall–Kier alpha value is -1.38. The number of hydrogen-bond acceptors (Lipinski definition) is 4. The molecule has 0 saturated carbocycles. The summed E-state index contributed by atoms with van der Waals surface area (Å²) in [4.78, 5) is 7.00. The first-order valence-electron chi connectivity index (χ1n) is 11.2. The van der Waals surface area contributed by atoms with Crippen LogP contribution >= 0.6 is 0 Å². The summed E-state index contributed by atoms with van der Waals surface area (Å²) in [6, 6.07) is 17.1. The van der Waals surface area contributed by atoms with Gasteiger partial charge in [0.25, 0.3) is 0 Å². The van der Waals surface area contributed by atoms with E-state index in [0.29, 0.717) is 0 Å². The molecular weight excluding hydrogens is 599 g/mol. The van der Waals surface area contributed by atoms with Gasteiger partial charge in [0, 0.05) is 50.3 Å². The maximum atomic E-state index is 4.53. The number of nitrogens with zero attached hydrogens (tertiary/aromatic N) is 2. The second-order valence-electron chi connectivity index (χ2n) is 8.49. The van der Waals surface area contributed by atoms with Crippen LogP contribution in [0.2, 0.25) is 0 Å². The summed E-state index contributed by atoms with van der Waals surface area (Å²) in [6.45, 7) is 15.4. The normalized spacial score (nSPS) is 10.1. The van der Waals surface area contributed by atoms with E-state index in [-0.39, 0.29) is 50.7 Å². The molecule has 0 saturated heterocycles. The SMILES string of the molecule is Cc1cc(C)c(NCCN(CCNc2c(C)cccc2C)Cc2ccccn2)c(C)c1.[Br-].[Br-].[Co+2]. The molecule has 187 valence electrons. The fourth-order valence-corrected chi connectivity index (χ4v) is 4.22. The largest absolute Gasteiger partial charge is 2.00 e. The van der Waals surface area contributed by atoms with Crippen LogP contribution in [-0.2, 0) is 23.3 Å². The minimum absolute atomic E-state index is 0. The van der Waals surface area contributed by atoms with Gasteiger partial charge in [0.1, 0.15) is 0 Å². The molecule has 3 rings (SSSR count). The molecule has 4 nitrogen and oxygen atoms in total. The van der Waals surface area contributed by atoms with Gasteiger partial charge in [-0.2, -0.15) is 0 Å². The van der Waals surface area contributed by atoms with Crippen LogP contribution in [0.4, 0.5) is 11.4 Å². The predicted octanol–water partition coefficient (Wildman–Crippen LogP) is -0.345. The third-order valence-corrected chi connectivity index (χ3v) is 5.73. The van der Waals surface area contributed by atoms with Gasteiger partial charge in [0.05, 0.1) is 5.69 Å². The number of aryl methyl sites for hydroxylation is 5. The molecule has 0 spiro atoms. The van der Waals surface area contributed by atoms with Crippen LogP contribution in [0.25, 0.3) is 0 Å². The van der Waals surface area contributed by atoms with E-state index in [2.05, 4.69) is 97.6 Å². The molecule has 0 amide bonds. The van der Waals surface area contributed by atoms with E-state index in [1.54, 1.807) is 0 Å². The zero-order chi connectivity index (χ0) is 22.2. The monoisotopic (exact) mass is 633 g/mol. The quantitative estimate of drug-likeness (QED) is 0.320. The van der Waals surface area contributed by atoms with Gasteiger partial charge >= 0.3 is 16.8 Å². The number of para-hydroxylation sites is 1. The van der Waals surface area contributed by atoms with Crippen molar-refractivity contribution in [3.8, 4) is 0 Å². The van der Waals surface area contributed by atoms with Gasteiger partial charge in [-0.15, -0.1) is 0 Å². The third kappa shape index (κ3) is 9.70. The van der Waals surface area contributed by atoms with Crippen LogP contribution in [0.3, 0.4) is 0 Å². The van der Waals surface area contributed by atoms with Gasteiger partial charge in [-0.25, -0.2) is 0 Å². The van der Waals surface area contributed by atoms with Crippen molar-refractivity contribution >= 4 is 11.4 Å². The van der Waals surface area contributed by atoms with Crippen molar-refractivity contribution in [1.82, 2.24) is 9.88 Å². The van der Waals surface area contributed by atoms with Crippen molar-refractivity contribution < 1.29 is 50.7 Å². The van der Waals surface area contributed by atoms with Crippen molar-refractivity contribution in [2.75, 3.05) is 36.8 Å². The van der Waals surface area contributed by atoms with Gasteiger partial charge in [-0.05, 0) is 69.0 Å². The van der Waals surface area contributed by atoms with E-state index < -0.39 is 0 Å². The average Bonchev–Trinajstić information content (AvgIpc) is 2.72. The standard InChI is InChI=1S/C27H36N4.2BrH.Co/c1-20-17-23(4)27(24(5)18-20)30-14-16-31(19-25-11-6-7-12-28-25)15-13-29-26-21(2)9-8-10-22(26)3;;;/h6-12,17-18,29-30H,13-16,19H2,1-5H3;2*1H;/q;;;+2/p-2. The summed E-state index contributed by atoms with van der Waals surface area (Å²) < 4.78 is 0. The average molecular weight is 635 g/mol. The van der Waals surface area contributed by atoms with E-state index in [1.165, 1.54) is 39.2 Å². The van der Waals surface area contributed by atoms with Gasteiger partial charge in [-0.3, -0.25) is 9.88 Å². The molecule has 2 aromatic carbocycles. The molecule has 0 aliphatic carbocycles. The van der Waals surface area contributed by atoms with Crippen LogP contribution < -0.4 is 44.6 Å². The van der Waals surface area contributed by atoms with E-state index >= 15 is 0 Å². The summed E-state index contributed by atoms with van der Waals surface area (Å²) >= 11 is 0. The van der Waals surface area contributed by atoms with Crippen LogP contribution in [0, 0.1) is 34.6 Å². The molecule has 1 heterocycles. The smallest absolute Gasteiger partial charge is 1.00 e. The van der Waals surface area contributed by atoms with Gasteiger partial charge in [0.15, 0.2) is 0 Å². The molecule has 0 bridgehead atoms. The molecule has 3 aromatic rings. The first-order chi connectivity index (χ1) is 14.9. The zero-order valence-corrected chi connectivity index (χ0v) is 24.9. The Morgan fingerprint density at radius 1 is 0.706 bits per heavy atom.